The standard InChI is InChI=1S/C21H24N6O2S/c1-26-15-11-16(30-19(15)18(25-26)13-5-3-2-4-6-13)20(28)24-14-7-8-17(23-12-14)27-10-9-22-21(27)29/h7-8,11-13H,2-6,9-10H2,1H3,(H,22,29)(H,24,28). The van der Waals surface area contributed by atoms with Gasteiger partial charge in [-0.25, -0.2) is 9.78 Å². The van der Waals surface area contributed by atoms with E-state index in [9.17, 15) is 9.59 Å². The van der Waals surface area contributed by atoms with Crippen molar-refractivity contribution in [3.63, 3.8) is 0 Å². The Bertz CT molecular complexity index is 1100. The highest BCUT2D eigenvalue weighted by Gasteiger charge is 2.25. The number of carbonyl (C=O) groups excluding carboxylic acids is 2. The second-order valence-electron chi connectivity index (χ2n) is 7.91. The van der Waals surface area contributed by atoms with E-state index in [1.807, 2.05) is 17.8 Å². The van der Waals surface area contributed by atoms with Gasteiger partial charge in [-0.3, -0.25) is 14.4 Å². The number of hydrogen-bond donors (Lipinski definition) is 2. The third kappa shape index (κ3) is 3.43. The molecule has 5 rings (SSSR count). The molecule has 2 aliphatic rings. The Labute approximate surface area is 178 Å². The zero-order valence-electron chi connectivity index (χ0n) is 16.9. The Kier molecular flexibility index (Phi) is 4.90. The first-order valence-electron chi connectivity index (χ1n) is 10.4. The molecule has 0 bridgehead atoms. The van der Waals surface area contributed by atoms with Gasteiger partial charge in [0.25, 0.3) is 5.91 Å². The van der Waals surface area contributed by atoms with Crippen LogP contribution in [0.3, 0.4) is 0 Å². The van der Waals surface area contributed by atoms with Crippen LogP contribution < -0.4 is 15.5 Å². The highest BCUT2D eigenvalue weighted by Crippen LogP contribution is 2.39. The molecule has 0 unspecified atom stereocenters. The van der Waals surface area contributed by atoms with Crippen molar-refractivity contribution in [2.75, 3.05) is 23.3 Å². The molecule has 4 heterocycles. The number of aromatic nitrogens is 3. The SMILES string of the molecule is Cn1nc(C2CCCCC2)c2sc(C(=O)Nc3ccc(N4CCNC4=O)nc3)cc21. The molecular weight excluding hydrogens is 400 g/mol. The molecule has 0 radical (unpaired) electrons. The zero-order valence-corrected chi connectivity index (χ0v) is 17.7. The van der Waals surface area contributed by atoms with Crippen molar-refractivity contribution in [2.45, 2.75) is 38.0 Å². The van der Waals surface area contributed by atoms with Gasteiger partial charge in [0, 0.05) is 26.1 Å². The average Bonchev–Trinajstić information content (AvgIpc) is 3.46. The fourth-order valence-corrected chi connectivity index (χ4v) is 5.47. The molecule has 2 N–H and O–H groups in total. The first-order valence-corrected chi connectivity index (χ1v) is 11.2. The molecular formula is C21H24N6O2S. The van der Waals surface area contributed by atoms with E-state index >= 15 is 0 Å². The first kappa shape index (κ1) is 19.0. The summed E-state index contributed by atoms with van der Waals surface area (Å²) in [7, 11) is 1.94. The van der Waals surface area contributed by atoms with E-state index < -0.39 is 0 Å². The molecule has 156 valence electrons. The number of anilines is 2. The largest absolute Gasteiger partial charge is 0.336 e. The summed E-state index contributed by atoms with van der Waals surface area (Å²) in [6, 6.07) is 5.29. The van der Waals surface area contributed by atoms with Crippen LogP contribution in [0.5, 0.6) is 0 Å². The normalized spacial score (nSPS) is 17.5. The minimum absolute atomic E-state index is 0.146. The molecule has 9 heteroatoms. The summed E-state index contributed by atoms with van der Waals surface area (Å²) >= 11 is 1.51. The average molecular weight is 425 g/mol. The van der Waals surface area contributed by atoms with Gasteiger partial charge in [-0.05, 0) is 31.0 Å². The molecule has 0 atom stereocenters. The number of rotatable bonds is 4. The van der Waals surface area contributed by atoms with E-state index in [-0.39, 0.29) is 11.9 Å². The molecule has 3 amide bonds. The lowest BCUT2D eigenvalue weighted by Gasteiger charge is -2.19. The molecule has 1 saturated carbocycles. The maximum Gasteiger partial charge on any atom is 0.323 e. The number of aryl methyl sites for hydroxylation is 1. The van der Waals surface area contributed by atoms with Gasteiger partial charge in [0.15, 0.2) is 0 Å². The minimum Gasteiger partial charge on any atom is -0.336 e. The highest BCUT2D eigenvalue weighted by atomic mass is 32.1. The summed E-state index contributed by atoms with van der Waals surface area (Å²) in [6.45, 7) is 1.21. The van der Waals surface area contributed by atoms with Gasteiger partial charge >= 0.3 is 6.03 Å². The van der Waals surface area contributed by atoms with E-state index in [4.69, 9.17) is 5.10 Å². The van der Waals surface area contributed by atoms with Gasteiger partial charge < -0.3 is 10.6 Å². The fourth-order valence-electron chi connectivity index (χ4n) is 4.32. The summed E-state index contributed by atoms with van der Waals surface area (Å²) in [6.07, 6.45) is 7.76. The number of nitrogens with zero attached hydrogens (tertiary/aromatic N) is 4. The smallest absolute Gasteiger partial charge is 0.323 e. The predicted octanol–water partition coefficient (Wildman–Crippen LogP) is 3.86. The van der Waals surface area contributed by atoms with Crippen molar-refractivity contribution in [1.82, 2.24) is 20.1 Å². The second kappa shape index (κ2) is 7.71. The Balaban J connectivity index is 1.34. The van der Waals surface area contributed by atoms with E-state index in [2.05, 4.69) is 15.6 Å². The van der Waals surface area contributed by atoms with Crippen LogP contribution >= 0.6 is 11.3 Å². The van der Waals surface area contributed by atoms with Gasteiger partial charge in [-0.1, -0.05) is 19.3 Å². The summed E-state index contributed by atoms with van der Waals surface area (Å²) in [5.74, 6) is 0.920. The van der Waals surface area contributed by atoms with E-state index in [0.29, 0.717) is 35.4 Å². The van der Waals surface area contributed by atoms with Gasteiger partial charge in [-0.2, -0.15) is 5.10 Å². The Morgan fingerprint density at radius 3 is 2.80 bits per heavy atom. The molecule has 1 saturated heterocycles. The van der Waals surface area contributed by atoms with Gasteiger partial charge in [0.1, 0.15) is 5.82 Å². The van der Waals surface area contributed by atoms with Gasteiger partial charge in [0.2, 0.25) is 0 Å². The lowest BCUT2D eigenvalue weighted by atomic mass is 9.87. The Hall–Kier alpha value is -2.94. The number of pyridine rings is 1. The number of fused-ring (bicyclic) bond motifs is 1. The quantitative estimate of drug-likeness (QED) is 0.665. The third-order valence-electron chi connectivity index (χ3n) is 5.91. The lowest BCUT2D eigenvalue weighted by molar-refractivity contribution is 0.103. The molecule has 8 nitrogen and oxygen atoms in total. The van der Waals surface area contributed by atoms with Crippen LogP contribution in [0.25, 0.3) is 10.2 Å². The van der Waals surface area contributed by atoms with E-state index in [1.54, 1.807) is 23.2 Å². The number of carbonyl (C=O) groups is 2. The van der Waals surface area contributed by atoms with Crippen molar-refractivity contribution in [1.29, 1.82) is 0 Å². The lowest BCUT2D eigenvalue weighted by Crippen LogP contribution is -2.28. The van der Waals surface area contributed by atoms with E-state index in [0.717, 1.165) is 15.9 Å². The maximum absolute atomic E-state index is 12.8. The van der Waals surface area contributed by atoms with Crippen molar-refractivity contribution >= 4 is 45.0 Å². The number of urea groups is 1. The number of thiophene rings is 1. The van der Waals surface area contributed by atoms with Crippen LogP contribution in [0, 0.1) is 0 Å². The summed E-state index contributed by atoms with van der Waals surface area (Å²) < 4.78 is 3.02. The van der Waals surface area contributed by atoms with Crippen molar-refractivity contribution in [2.24, 2.45) is 7.05 Å². The zero-order chi connectivity index (χ0) is 20.7. The number of nitrogens with one attached hydrogen (secondary N) is 2. The second-order valence-corrected chi connectivity index (χ2v) is 8.96. The first-order chi connectivity index (χ1) is 14.6. The van der Waals surface area contributed by atoms with Crippen molar-refractivity contribution in [3.8, 4) is 0 Å². The van der Waals surface area contributed by atoms with Crippen LogP contribution in [0.1, 0.15) is 53.4 Å². The predicted molar refractivity (Wildman–Crippen MR) is 117 cm³/mol. The summed E-state index contributed by atoms with van der Waals surface area (Å²) in [5.41, 5.74) is 2.76. The van der Waals surface area contributed by atoms with Crippen LogP contribution in [-0.4, -0.2) is 39.8 Å². The summed E-state index contributed by atoms with van der Waals surface area (Å²) in [4.78, 5) is 31.2. The molecule has 2 fully saturated rings. The molecule has 1 aliphatic carbocycles. The molecule has 3 aromatic rings. The van der Waals surface area contributed by atoms with Crippen LogP contribution in [0.4, 0.5) is 16.3 Å². The molecule has 0 aromatic carbocycles. The molecule has 0 spiro atoms. The fraction of sp³-hybridized carbons (Fsp3) is 0.429. The molecule has 3 aromatic heterocycles. The summed E-state index contributed by atoms with van der Waals surface area (Å²) in [5, 5.41) is 10.4. The van der Waals surface area contributed by atoms with Crippen molar-refractivity contribution in [3.05, 3.63) is 35.0 Å². The van der Waals surface area contributed by atoms with Gasteiger partial charge in [-0.15, -0.1) is 11.3 Å². The van der Waals surface area contributed by atoms with Crippen LogP contribution in [-0.2, 0) is 7.05 Å². The maximum atomic E-state index is 12.8. The van der Waals surface area contributed by atoms with Crippen LogP contribution in [0.15, 0.2) is 24.4 Å². The molecule has 1 aliphatic heterocycles. The molecule has 30 heavy (non-hydrogen) atoms. The Morgan fingerprint density at radius 1 is 1.27 bits per heavy atom. The van der Waals surface area contributed by atoms with Gasteiger partial charge in [0.05, 0.1) is 32.7 Å². The third-order valence-corrected chi connectivity index (χ3v) is 7.05. The van der Waals surface area contributed by atoms with Crippen LogP contribution in [0.2, 0.25) is 0 Å². The Morgan fingerprint density at radius 2 is 2.10 bits per heavy atom. The van der Waals surface area contributed by atoms with Crippen molar-refractivity contribution < 1.29 is 9.59 Å². The minimum atomic E-state index is -0.153. The number of hydrogen-bond acceptors (Lipinski definition) is 5. The van der Waals surface area contributed by atoms with E-state index in [1.165, 1.54) is 43.4 Å². The topological polar surface area (TPSA) is 92.2 Å². The highest BCUT2D eigenvalue weighted by molar-refractivity contribution is 7.21. The number of amides is 3. The monoisotopic (exact) mass is 424 g/mol.